The molecule has 1 amide bonds. The van der Waals surface area contributed by atoms with Gasteiger partial charge in [0, 0.05) is 24.9 Å². The lowest BCUT2D eigenvalue weighted by Crippen LogP contribution is -2.54. The number of carbonyl (C=O) groups is 3. The van der Waals surface area contributed by atoms with Gasteiger partial charge in [0.15, 0.2) is 5.78 Å². The Morgan fingerprint density at radius 1 is 1.30 bits per heavy atom. The van der Waals surface area contributed by atoms with E-state index >= 15 is 0 Å². The molecule has 2 aliphatic rings. The maximum absolute atomic E-state index is 12.8. The number of carbonyl (C=O) groups excluding carboxylic acids is 2. The van der Waals surface area contributed by atoms with Crippen LogP contribution in [0.15, 0.2) is 24.3 Å². The maximum Gasteiger partial charge on any atom is 0.303 e. The standard InChI is InChI=1S/C15H15NO4/c17-12-5-7-15(8-6-13(18)19)14(20)11-4-2-1-3-10(11)9-16(12)15/h1-4H,5-9H2,(H,18,19)/t15-/m0/s1. The fourth-order valence-corrected chi connectivity index (χ4v) is 3.29. The summed E-state index contributed by atoms with van der Waals surface area (Å²) in [7, 11) is 0. The summed E-state index contributed by atoms with van der Waals surface area (Å²) in [4.78, 5) is 37.3. The minimum absolute atomic E-state index is 0.0572. The quantitative estimate of drug-likeness (QED) is 0.907. The van der Waals surface area contributed by atoms with Crippen molar-refractivity contribution >= 4 is 17.7 Å². The van der Waals surface area contributed by atoms with Gasteiger partial charge in [0.05, 0.1) is 0 Å². The molecule has 0 radical (unpaired) electrons. The molecule has 0 aromatic heterocycles. The highest BCUT2D eigenvalue weighted by Crippen LogP contribution is 2.42. The summed E-state index contributed by atoms with van der Waals surface area (Å²) in [5, 5.41) is 8.89. The summed E-state index contributed by atoms with van der Waals surface area (Å²) < 4.78 is 0. The number of Topliss-reactive ketones (excluding diaryl/α,β-unsaturated/α-hetero) is 1. The Hall–Kier alpha value is -2.17. The van der Waals surface area contributed by atoms with Crippen molar-refractivity contribution in [2.24, 2.45) is 0 Å². The zero-order valence-corrected chi connectivity index (χ0v) is 11.0. The minimum atomic E-state index is -0.941. The summed E-state index contributed by atoms with van der Waals surface area (Å²) in [5.41, 5.74) is 0.534. The first-order valence-corrected chi connectivity index (χ1v) is 6.69. The lowest BCUT2D eigenvalue weighted by atomic mass is 9.78. The van der Waals surface area contributed by atoms with Crippen LogP contribution >= 0.6 is 0 Å². The van der Waals surface area contributed by atoms with Gasteiger partial charge < -0.3 is 10.0 Å². The second kappa shape index (κ2) is 4.44. The van der Waals surface area contributed by atoms with Crippen LogP contribution in [0.3, 0.4) is 0 Å². The van der Waals surface area contributed by atoms with Crippen LogP contribution in [0.25, 0.3) is 0 Å². The maximum atomic E-state index is 12.8. The van der Waals surface area contributed by atoms with Crippen LogP contribution in [-0.2, 0) is 16.1 Å². The summed E-state index contributed by atoms with van der Waals surface area (Å²) in [6, 6.07) is 7.26. The molecule has 2 heterocycles. The summed E-state index contributed by atoms with van der Waals surface area (Å²) in [6.07, 6.45) is 0.838. The molecule has 1 aromatic rings. The van der Waals surface area contributed by atoms with Gasteiger partial charge >= 0.3 is 5.97 Å². The molecule has 2 aliphatic heterocycles. The minimum Gasteiger partial charge on any atom is -0.481 e. The second-order valence-corrected chi connectivity index (χ2v) is 5.39. The predicted molar refractivity (Wildman–Crippen MR) is 70.2 cm³/mol. The average molecular weight is 273 g/mol. The third-order valence-electron chi connectivity index (χ3n) is 4.34. The normalized spacial score (nSPS) is 24.5. The highest BCUT2D eigenvalue weighted by atomic mass is 16.4. The van der Waals surface area contributed by atoms with E-state index in [9.17, 15) is 14.4 Å². The van der Waals surface area contributed by atoms with Crippen LogP contribution in [0.5, 0.6) is 0 Å². The fraction of sp³-hybridized carbons (Fsp3) is 0.400. The van der Waals surface area contributed by atoms with Crippen LogP contribution in [0, 0.1) is 0 Å². The Labute approximate surface area is 116 Å². The summed E-state index contributed by atoms with van der Waals surface area (Å²) in [6.45, 7) is 0.403. The zero-order valence-electron chi connectivity index (χ0n) is 11.0. The number of hydrogen-bond donors (Lipinski definition) is 1. The largest absolute Gasteiger partial charge is 0.481 e. The molecule has 104 valence electrons. The second-order valence-electron chi connectivity index (χ2n) is 5.39. The van der Waals surface area contributed by atoms with Crippen molar-refractivity contribution in [3.8, 4) is 0 Å². The number of carboxylic acid groups (broad SMARTS) is 1. The highest BCUT2D eigenvalue weighted by Gasteiger charge is 2.53. The molecule has 1 fully saturated rings. The van der Waals surface area contributed by atoms with Gasteiger partial charge in [0.1, 0.15) is 5.54 Å². The lowest BCUT2D eigenvalue weighted by Gasteiger charge is -2.41. The SMILES string of the molecule is O=C(O)CC[C@]12CCC(=O)N1Cc1ccccc1C2=O. The molecule has 20 heavy (non-hydrogen) atoms. The Morgan fingerprint density at radius 3 is 2.80 bits per heavy atom. The van der Waals surface area contributed by atoms with E-state index in [1.165, 1.54) is 0 Å². The summed E-state index contributed by atoms with van der Waals surface area (Å²) >= 11 is 0. The first kappa shape index (κ1) is 12.8. The Kier molecular flexibility index (Phi) is 2.85. The van der Waals surface area contributed by atoms with E-state index in [1.807, 2.05) is 12.1 Å². The van der Waals surface area contributed by atoms with Gasteiger partial charge in [-0.1, -0.05) is 24.3 Å². The van der Waals surface area contributed by atoms with E-state index in [2.05, 4.69) is 0 Å². The number of hydrogen-bond acceptors (Lipinski definition) is 3. The van der Waals surface area contributed by atoms with Gasteiger partial charge in [-0.2, -0.15) is 0 Å². The van der Waals surface area contributed by atoms with Gasteiger partial charge in [-0.25, -0.2) is 0 Å². The van der Waals surface area contributed by atoms with E-state index in [0.717, 1.165) is 5.56 Å². The molecule has 0 unspecified atom stereocenters. The van der Waals surface area contributed by atoms with Gasteiger partial charge in [-0.15, -0.1) is 0 Å². The van der Waals surface area contributed by atoms with E-state index in [-0.39, 0.29) is 24.5 Å². The number of nitrogens with zero attached hydrogens (tertiary/aromatic N) is 1. The number of rotatable bonds is 3. The molecule has 0 spiro atoms. The molecule has 0 saturated carbocycles. The van der Waals surface area contributed by atoms with E-state index in [1.54, 1.807) is 17.0 Å². The molecule has 1 aromatic carbocycles. The molecule has 1 atom stereocenters. The number of aliphatic carboxylic acids is 1. The Balaban J connectivity index is 2.04. The van der Waals surface area contributed by atoms with Crippen molar-refractivity contribution in [1.29, 1.82) is 0 Å². The number of amides is 1. The van der Waals surface area contributed by atoms with Gasteiger partial charge in [0.2, 0.25) is 5.91 Å². The molecule has 0 aliphatic carbocycles. The lowest BCUT2D eigenvalue weighted by molar-refractivity contribution is -0.139. The third-order valence-corrected chi connectivity index (χ3v) is 4.34. The smallest absolute Gasteiger partial charge is 0.303 e. The predicted octanol–water partition coefficient (Wildman–Crippen LogP) is 1.61. The Bertz CT molecular complexity index is 610. The first-order valence-electron chi connectivity index (χ1n) is 6.69. The molecule has 3 rings (SSSR count). The topological polar surface area (TPSA) is 74.7 Å². The average Bonchev–Trinajstić information content (AvgIpc) is 2.76. The number of carboxylic acids is 1. The highest BCUT2D eigenvalue weighted by molar-refractivity contribution is 6.09. The van der Waals surface area contributed by atoms with Crippen molar-refractivity contribution < 1.29 is 19.5 Å². The van der Waals surface area contributed by atoms with Crippen LogP contribution in [-0.4, -0.2) is 33.2 Å². The molecular weight excluding hydrogens is 258 g/mol. The van der Waals surface area contributed by atoms with E-state index in [0.29, 0.717) is 24.9 Å². The van der Waals surface area contributed by atoms with Crippen LogP contribution in [0.2, 0.25) is 0 Å². The molecule has 5 heteroatoms. The monoisotopic (exact) mass is 273 g/mol. The van der Waals surface area contributed by atoms with Crippen LogP contribution in [0.1, 0.15) is 41.6 Å². The van der Waals surface area contributed by atoms with Crippen molar-refractivity contribution in [2.45, 2.75) is 37.8 Å². The van der Waals surface area contributed by atoms with E-state index in [4.69, 9.17) is 5.11 Å². The first-order chi connectivity index (χ1) is 9.54. The molecule has 5 nitrogen and oxygen atoms in total. The third kappa shape index (κ3) is 1.73. The van der Waals surface area contributed by atoms with Crippen molar-refractivity contribution in [1.82, 2.24) is 4.90 Å². The number of fused-ring (bicyclic) bond motifs is 2. The van der Waals surface area contributed by atoms with Crippen LogP contribution < -0.4 is 0 Å². The molecule has 1 N–H and O–H groups in total. The molecule has 1 saturated heterocycles. The van der Waals surface area contributed by atoms with Crippen LogP contribution in [0.4, 0.5) is 0 Å². The van der Waals surface area contributed by atoms with Crippen molar-refractivity contribution in [3.05, 3.63) is 35.4 Å². The number of ketones is 1. The van der Waals surface area contributed by atoms with Gasteiger partial charge in [0.25, 0.3) is 0 Å². The van der Waals surface area contributed by atoms with Gasteiger partial charge in [-0.3, -0.25) is 14.4 Å². The van der Waals surface area contributed by atoms with Crippen molar-refractivity contribution in [2.75, 3.05) is 0 Å². The van der Waals surface area contributed by atoms with E-state index < -0.39 is 11.5 Å². The molecule has 0 bridgehead atoms. The fourth-order valence-electron chi connectivity index (χ4n) is 3.29. The molecular formula is C15H15NO4. The summed E-state index contributed by atoms with van der Waals surface area (Å²) in [5.74, 6) is -1.10. The Morgan fingerprint density at radius 2 is 2.05 bits per heavy atom. The number of benzene rings is 1. The zero-order chi connectivity index (χ0) is 14.3. The van der Waals surface area contributed by atoms with Gasteiger partial charge in [-0.05, 0) is 18.4 Å². The van der Waals surface area contributed by atoms with Crippen molar-refractivity contribution in [3.63, 3.8) is 0 Å².